The van der Waals surface area contributed by atoms with E-state index in [1.54, 1.807) is 0 Å². The molecule has 1 aliphatic carbocycles. The minimum Gasteiger partial charge on any atom is -0.352 e. The van der Waals surface area contributed by atoms with E-state index in [2.05, 4.69) is 70.3 Å². The Balaban J connectivity index is 1.78. The van der Waals surface area contributed by atoms with Crippen molar-refractivity contribution >= 4 is 17.7 Å². The Kier molecular flexibility index (Phi) is 8.33. The van der Waals surface area contributed by atoms with E-state index in [0.29, 0.717) is 12.6 Å². The summed E-state index contributed by atoms with van der Waals surface area (Å²) >= 11 is 1.51. The lowest BCUT2D eigenvalue weighted by molar-refractivity contribution is -0.121. The second-order valence-corrected chi connectivity index (χ2v) is 9.71. The van der Waals surface area contributed by atoms with Crippen molar-refractivity contribution in [1.29, 1.82) is 0 Å². The van der Waals surface area contributed by atoms with Gasteiger partial charge in [0.25, 0.3) is 0 Å². The summed E-state index contributed by atoms with van der Waals surface area (Å²) in [5, 5.41) is 12.9. The summed E-state index contributed by atoms with van der Waals surface area (Å²) in [6.07, 6.45) is 6.85. The number of carbonyl (C=O) groups excluding carboxylic acids is 1. The van der Waals surface area contributed by atoms with Gasteiger partial charge in [-0.25, -0.2) is 0 Å². The highest BCUT2D eigenvalue weighted by Gasteiger charge is 2.26. The Bertz CT molecular complexity index is 801. The van der Waals surface area contributed by atoms with Crippen molar-refractivity contribution in [2.24, 2.45) is 0 Å². The molecule has 1 N–H and O–H groups in total. The Morgan fingerprint density at radius 3 is 2.53 bits per heavy atom. The lowest BCUT2D eigenvalue weighted by atomic mass is 9.95. The van der Waals surface area contributed by atoms with Crippen molar-refractivity contribution in [3.8, 4) is 0 Å². The molecule has 6 nitrogen and oxygen atoms in total. The lowest BCUT2D eigenvalue weighted by Gasteiger charge is -2.25. The molecule has 0 spiro atoms. The highest BCUT2D eigenvalue weighted by atomic mass is 32.2. The topological polar surface area (TPSA) is 63.1 Å². The van der Waals surface area contributed by atoms with Crippen LogP contribution in [0.4, 0.5) is 0 Å². The van der Waals surface area contributed by atoms with Gasteiger partial charge in [0.15, 0.2) is 11.0 Å². The molecule has 1 saturated carbocycles. The zero-order valence-electron chi connectivity index (χ0n) is 18.7. The first-order chi connectivity index (χ1) is 14.5. The molecule has 1 fully saturated rings. The number of thioether (sulfide) groups is 1. The number of aromatic nitrogens is 3. The van der Waals surface area contributed by atoms with Gasteiger partial charge >= 0.3 is 0 Å². The number of benzene rings is 1. The van der Waals surface area contributed by atoms with Gasteiger partial charge in [0.2, 0.25) is 5.91 Å². The average Bonchev–Trinajstić information content (AvgIpc) is 3.11. The second-order valence-electron chi connectivity index (χ2n) is 8.40. The van der Waals surface area contributed by atoms with E-state index >= 15 is 0 Å². The molecule has 164 valence electrons. The largest absolute Gasteiger partial charge is 0.352 e. The van der Waals surface area contributed by atoms with Crippen molar-refractivity contribution in [3.05, 3.63) is 41.7 Å². The van der Waals surface area contributed by atoms with E-state index in [1.165, 1.54) is 36.6 Å². The molecule has 3 rings (SSSR count). The quantitative estimate of drug-likeness (QED) is 0.603. The van der Waals surface area contributed by atoms with Gasteiger partial charge in [0, 0.05) is 6.04 Å². The number of nitrogens with zero attached hydrogens (tertiary/aromatic N) is 4. The molecule has 1 aliphatic rings. The van der Waals surface area contributed by atoms with Crippen LogP contribution in [0.15, 0.2) is 35.5 Å². The van der Waals surface area contributed by atoms with Crippen molar-refractivity contribution in [2.75, 3.05) is 14.1 Å². The van der Waals surface area contributed by atoms with Crippen LogP contribution in [0.3, 0.4) is 0 Å². The Morgan fingerprint density at radius 2 is 1.90 bits per heavy atom. The number of amides is 1. The molecule has 0 radical (unpaired) electrons. The molecule has 0 saturated heterocycles. The fraction of sp³-hybridized carbons (Fsp3) is 0.609. The molecule has 1 amide bonds. The van der Waals surface area contributed by atoms with Crippen LogP contribution in [0.25, 0.3) is 0 Å². The molecule has 0 bridgehead atoms. The summed E-state index contributed by atoms with van der Waals surface area (Å²) in [5.41, 5.74) is 1.20. The maximum Gasteiger partial charge on any atom is 0.233 e. The van der Waals surface area contributed by atoms with Crippen molar-refractivity contribution in [3.63, 3.8) is 0 Å². The highest BCUT2D eigenvalue weighted by molar-refractivity contribution is 8.00. The third kappa shape index (κ3) is 5.85. The van der Waals surface area contributed by atoms with Crippen LogP contribution in [0, 0.1) is 0 Å². The Hall–Kier alpha value is -1.86. The Morgan fingerprint density at radius 1 is 1.20 bits per heavy atom. The van der Waals surface area contributed by atoms with Crippen LogP contribution < -0.4 is 5.32 Å². The van der Waals surface area contributed by atoms with Gasteiger partial charge in [-0.1, -0.05) is 68.3 Å². The van der Waals surface area contributed by atoms with E-state index < -0.39 is 0 Å². The van der Waals surface area contributed by atoms with Gasteiger partial charge in [-0.15, -0.1) is 10.2 Å². The summed E-state index contributed by atoms with van der Waals surface area (Å²) in [5.74, 6) is 1.05. The molecule has 30 heavy (non-hydrogen) atoms. The minimum absolute atomic E-state index is 0.0994. The van der Waals surface area contributed by atoms with Crippen molar-refractivity contribution in [2.45, 2.75) is 81.4 Å². The first-order valence-corrected chi connectivity index (χ1v) is 12.0. The van der Waals surface area contributed by atoms with Crippen LogP contribution in [-0.4, -0.2) is 51.0 Å². The molecule has 2 unspecified atom stereocenters. The van der Waals surface area contributed by atoms with Crippen molar-refractivity contribution in [1.82, 2.24) is 25.0 Å². The summed E-state index contributed by atoms with van der Waals surface area (Å²) < 4.78 is 2.18. The van der Waals surface area contributed by atoms with Crippen molar-refractivity contribution < 1.29 is 4.79 Å². The molecular formula is C23H35N5OS. The smallest absolute Gasteiger partial charge is 0.233 e. The van der Waals surface area contributed by atoms with E-state index in [0.717, 1.165) is 30.2 Å². The Labute approximate surface area is 184 Å². The molecule has 7 heteroatoms. The molecule has 1 aromatic carbocycles. The van der Waals surface area contributed by atoms with Gasteiger partial charge in [-0.2, -0.15) is 0 Å². The fourth-order valence-electron chi connectivity index (χ4n) is 4.10. The number of nitrogens with one attached hydrogen (secondary N) is 1. The first kappa shape index (κ1) is 22.8. The molecule has 0 aliphatic heterocycles. The molecule has 1 aromatic heterocycles. The number of hydrogen-bond acceptors (Lipinski definition) is 5. The van der Waals surface area contributed by atoms with Crippen LogP contribution in [0.5, 0.6) is 0 Å². The van der Waals surface area contributed by atoms with Crippen LogP contribution in [-0.2, 0) is 11.3 Å². The summed E-state index contributed by atoms with van der Waals surface area (Å²) in [4.78, 5) is 15.0. The van der Waals surface area contributed by atoms with E-state index in [-0.39, 0.29) is 17.2 Å². The van der Waals surface area contributed by atoms with Crippen LogP contribution in [0.2, 0.25) is 0 Å². The SMILES string of the molecule is CCC(c1nnc(SC(C)C(=O)NC2CCCCC2)n1Cc1ccccc1)N(C)C. The molecule has 1 heterocycles. The molecular weight excluding hydrogens is 394 g/mol. The number of carbonyl (C=O) groups is 1. The highest BCUT2D eigenvalue weighted by Crippen LogP contribution is 2.29. The van der Waals surface area contributed by atoms with Gasteiger partial charge in [-0.05, 0) is 45.8 Å². The number of hydrogen-bond donors (Lipinski definition) is 1. The minimum atomic E-state index is -0.210. The predicted molar refractivity (Wildman–Crippen MR) is 123 cm³/mol. The van der Waals surface area contributed by atoms with Crippen LogP contribution in [0.1, 0.15) is 69.8 Å². The summed E-state index contributed by atoms with van der Waals surface area (Å²) in [6, 6.07) is 10.9. The van der Waals surface area contributed by atoms with Gasteiger partial charge in [0.05, 0.1) is 17.8 Å². The van der Waals surface area contributed by atoms with E-state index in [9.17, 15) is 4.79 Å². The monoisotopic (exact) mass is 429 g/mol. The predicted octanol–water partition coefficient (Wildman–Crippen LogP) is 4.27. The summed E-state index contributed by atoms with van der Waals surface area (Å²) in [6.45, 7) is 4.83. The normalized spacial score (nSPS) is 17.1. The zero-order valence-corrected chi connectivity index (χ0v) is 19.5. The first-order valence-electron chi connectivity index (χ1n) is 11.1. The zero-order chi connectivity index (χ0) is 21.5. The third-order valence-electron chi connectivity index (χ3n) is 5.84. The number of rotatable bonds is 9. The standard InChI is InChI=1S/C23H35N5OS/c1-5-20(27(3)4)21-25-26-23(28(21)16-18-12-8-6-9-13-18)30-17(2)22(29)24-19-14-10-7-11-15-19/h6,8-9,12-13,17,19-20H,5,7,10-11,14-16H2,1-4H3,(H,24,29). The fourth-order valence-corrected chi connectivity index (χ4v) is 4.97. The average molecular weight is 430 g/mol. The van der Waals surface area contributed by atoms with Gasteiger partial charge in [-0.3, -0.25) is 9.69 Å². The maximum atomic E-state index is 12.8. The van der Waals surface area contributed by atoms with E-state index in [1.807, 2.05) is 13.0 Å². The maximum absolute atomic E-state index is 12.8. The van der Waals surface area contributed by atoms with Crippen LogP contribution >= 0.6 is 11.8 Å². The third-order valence-corrected chi connectivity index (χ3v) is 6.92. The summed E-state index contributed by atoms with van der Waals surface area (Å²) in [7, 11) is 4.14. The van der Waals surface area contributed by atoms with Gasteiger partial charge in [0.1, 0.15) is 0 Å². The van der Waals surface area contributed by atoms with Gasteiger partial charge < -0.3 is 9.88 Å². The molecule has 2 atom stereocenters. The second kappa shape index (κ2) is 11.0. The lowest BCUT2D eigenvalue weighted by Crippen LogP contribution is -2.40. The molecule has 2 aromatic rings. The van der Waals surface area contributed by atoms with E-state index in [4.69, 9.17) is 0 Å².